The van der Waals surface area contributed by atoms with E-state index in [1.165, 1.54) is 18.2 Å². The number of hydrogen-bond donors (Lipinski definition) is 2. The van der Waals surface area contributed by atoms with Crippen molar-refractivity contribution < 1.29 is 24.5 Å². The van der Waals surface area contributed by atoms with Crippen LogP contribution in [0.25, 0.3) is 0 Å². The Hall–Kier alpha value is -2.53. The second kappa shape index (κ2) is 5.63. The van der Waals surface area contributed by atoms with Crippen LogP contribution in [-0.2, 0) is 0 Å². The number of esters is 1. The van der Waals surface area contributed by atoms with Gasteiger partial charge in [-0.25, -0.2) is 9.59 Å². The lowest BCUT2D eigenvalue weighted by atomic mass is 10.2. The van der Waals surface area contributed by atoms with Crippen molar-refractivity contribution >= 4 is 23.5 Å². The van der Waals surface area contributed by atoms with Crippen molar-refractivity contribution in [2.24, 2.45) is 0 Å². The van der Waals surface area contributed by atoms with Gasteiger partial charge in [0.1, 0.15) is 5.56 Å². The number of carbonyl (C=O) groups is 2. The number of ether oxygens (including phenoxy) is 1. The summed E-state index contributed by atoms with van der Waals surface area (Å²) in [6.07, 6.45) is 0. The molecule has 5 nitrogen and oxygen atoms in total. The Balaban J connectivity index is 2.35. The van der Waals surface area contributed by atoms with Crippen molar-refractivity contribution in [2.75, 3.05) is 0 Å². The van der Waals surface area contributed by atoms with E-state index in [9.17, 15) is 14.7 Å². The van der Waals surface area contributed by atoms with Crippen LogP contribution in [0.2, 0.25) is 5.02 Å². The lowest BCUT2D eigenvalue weighted by Crippen LogP contribution is -2.09. The van der Waals surface area contributed by atoms with Crippen LogP contribution in [-0.4, -0.2) is 22.2 Å². The fraction of sp³-hybridized carbons (Fsp3) is 0. The van der Waals surface area contributed by atoms with Gasteiger partial charge >= 0.3 is 11.9 Å². The molecule has 2 rings (SSSR count). The number of carboxylic acids is 1. The molecule has 0 amide bonds. The van der Waals surface area contributed by atoms with Crippen LogP contribution in [0.3, 0.4) is 0 Å². The molecular weight excluding hydrogens is 284 g/mol. The Labute approximate surface area is 119 Å². The van der Waals surface area contributed by atoms with Crippen molar-refractivity contribution in [2.45, 2.75) is 0 Å². The smallest absolute Gasteiger partial charge is 0.343 e. The van der Waals surface area contributed by atoms with Gasteiger partial charge in [0.15, 0.2) is 11.5 Å². The van der Waals surface area contributed by atoms with Gasteiger partial charge in [-0.1, -0.05) is 29.8 Å². The molecule has 0 radical (unpaired) electrons. The van der Waals surface area contributed by atoms with E-state index in [1.54, 1.807) is 18.2 Å². The third-order valence-corrected chi connectivity index (χ3v) is 2.70. The highest BCUT2D eigenvalue weighted by Gasteiger charge is 2.19. The summed E-state index contributed by atoms with van der Waals surface area (Å²) < 4.78 is 4.97. The van der Waals surface area contributed by atoms with Crippen LogP contribution in [0.5, 0.6) is 11.5 Å². The first-order valence-electron chi connectivity index (χ1n) is 5.52. The Bertz CT molecular complexity index is 667. The standard InChI is InChI=1S/C14H9ClO5/c15-9-6-10(13(17)18)12(16)11(7-9)20-14(19)8-4-2-1-3-5-8/h1-7,16H,(H,17,18). The fourth-order valence-corrected chi connectivity index (χ4v) is 1.76. The number of halogens is 1. The summed E-state index contributed by atoms with van der Waals surface area (Å²) >= 11 is 5.73. The zero-order chi connectivity index (χ0) is 14.7. The van der Waals surface area contributed by atoms with E-state index in [2.05, 4.69) is 0 Å². The van der Waals surface area contributed by atoms with Crippen LogP contribution in [0.15, 0.2) is 42.5 Å². The minimum absolute atomic E-state index is 0.0380. The molecule has 6 heteroatoms. The number of hydrogen-bond acceptors (Lipinski definition) is 4. The van der Waals surface area contributed by atoms with E-state index in [0.717, 1.165) is 6.07 Å². The minimum Gasteiger partial charge on any atom is -0.504 e. The predicted octanol–water partition coefficient (Wildman–Crippen LogP) is 2.96. The van der Waals surface area contributed by atoms with E-state index in [1.807, 2.05) is 0 Å². The molecule has 0 saturated carbocycles. The first-order chi connectivity index (χ1) is 9.49. The number of aromatic carboxylic acids is 1. The van der Waals surface area contributed by atoms with Crippen LogP contribution in [0.4, 0.5) is 0 Å². The third-order valence-electron chi connectivity index (χ3n) is 2.48. The summed E-state index contributed by atoms with van der Waals surface area (Å²) in [5.41, 5.74) is -0.169. The van der Waals surface area contributed by atoms with Crippen molar-refractivity contribution in [3.05, 3.63) is 58.6 Å². The lowest BCUT2D eigenvalue weighted by Gasteiger charge is -2.09. The first-order valence-corrected chi connectivity index (χ1v) is 5.90. The Morgan fingerprint density at radius 3 is 2.35 bits per heavy atom. The molecule has 0 heterocycles. The summed E-state index contributed by atoms with van der Waals surface area (Å²) in [7, 11) is 0. The average Bonchev–Trinajstić information content (AvgIpc) is 2.43. The molecule has 2 aromatic rings. The van der Waals surface area contributed by atoms with Gasteiger partial charge in [-0.05, 0) is 18.2 Å². The van der Waals surface area contributed by atoms with Crippen LogP contribution in [0.1, 0.15) is 20.7 Å². The second-order valence-corrected chi connectivity index (χ2v) is 4.30. The molecule has 0 spiro atoms. The van der Waals surface area contributed by atoms with E-state index in [0.29, 0.717) is 0 Å². The third kappa shape index (κ3) is 2.89. The van der Waals surface area contributed by atoms with Gasteiger partial charge in [0.05, 0.1) is 5.56 Å². The SMILES string of the molecule is O=C(Oc1cc(Cl)cc(C(=O)O)c1O)c1ccccc1. The predicted molar refractivity (Wildman–Crippen MR) is 71.5 cm³/mol. The number of phenols is 1. The van der Waals surface area contributed by atoms with E-state index in [4.69, 9.17) is 21.4 Å². The van der Waals surface area contributed by atoms with Crippen molar-refractivity contribution in [3.8, 4) is 11.5 Å². The molecule has 0 saturated heterocycles. The molecule has 2 aromatic carbocycles. The number of benzene rings is 2. The van der Waals surface area contributed by atoms with Gasteiger partial charge in [-0.3, -0.25) is 0 Å². The summed E-state index contributed by atoms with van der Waals surface area (Å²) in [4.78, 5) is 22.8. The van der Waals surface area contributed by atoms with Gasteiger partial charge in [-0.2, -0.15) is 0 Å². The Morgan fingerprint density at radius 2 is 1.75 bits per heavy atom. The first kappa shape index (κ1) is 13.9. The molecule has 0 aliphatic heterocycles. The normalized spacial score (nSPS) is 10.1. The van der Waals surface area contributed by atoms with Gasteiger partial charge in [-0.15, -0.1) is 0 Å². The molecule has 0 bridgehead atoms. The molecule has 0 aliphatic carbocycles. The molecule has 2 N–H and O–H groups in total. The van der Waals surface area contributed by atoms with Gasteiger partial charge in [0.25, 0.3) is 0 Å². The Morgan fingerprint density at radius 1 is 1.10 bits per heavy atom. The molecule has 102 valence electrons. The molecule has 0 aromatic heterocycles. The topological polar surface area (TPSA) is 83.8 Å². The van der Waals surface area contributed by atoms with Crippen LogP contribution >= 0.6 is 11.6 Å². The lowest BCUT2D eigenvalue weighted by molar-refractivity contribution is 0.0681. The van der Waals surface area contributed by atoms with E-state index in [-0.39, 0.29) is 16.3 Å². The number of carbonyl (C=O) groups excluding carboxylic acids is 1. The maximum absolute atomic E-state index is 11.8. The molecule has 0 aliphatic rings. The van der Waals surface area contributed by atoms with Crippen molar-refractivity contribution in [1.29, 1.82) is 0 Å². The molecule has 0 unspecified atom stereocenters. The van der Waals surface area contributed by atoms with Crippen molar-refractivity contribution in [3.63, 3.8) is 0 Å². The quantitative estimate of drug-likeness (QED) is 0.671. The summed E-state index contributed by atoms with van der Waals surface area (Å²) in [6, 6.07) is 10.3. The molecule has 0 atom stereocenters. The number of rotatable bonds is 3. The maximum atomic E-state index is 11.8. The highest BCUT2D eigenvalue weighted by molar-refractivity contribution is 6.31. The monoisotopic (exact) mass is 292 g/mol. The van der Waals surface area contributed by atoms with Crippen LogP contribution in [0, 0.1) is 0 Å². The largest absolute Gasteiger partial charge is 0.504 e. The fourth-order valence-electron chi connectivity index (χ4n) is 1.55. The van der Waals surface area contributed by atoms with Gasteiger partial charge in [0.2, 0.25) is 0 Å². The average molecular weight is 293 g/mol. The molecular formula is C14H9ClO5. The van der Waals surface area contributed by atoms with Crippen LogP contribution < -0.4 is 4.74 Å². The Kier molecular flexibility index (Phi) is 3.91. The van der Waals surface area contributed by atoms with Crippen molar-refractivity contribution in [1.82, 2.24) is 0 Å². The maximum Gasteiger partial charge on any atom is 0.343 e. The minimum atomic E-state index is -1.37. The summed E-state index contributed by atoms with van der Waals surface area (Å²) in [5.74, 6) is -3.04. The highest BCUT2D eigenvalue weighted by atomic mass is 35.5. The molecule has 0 fully saturated rings. The van der Waals surface area contributed by atoms with Gasteiger partial charge in [0, 0.05) is 11.1 Å². The van der Waals surface area contributed by atoms with E-state index < -0.39 is 23.3 Å². The van der Waals surface area contributed by atoms with Gasteiger partial charge < -0.3 is 14.9 Å². The number of carboxylic acid groups (broad SMARTS) is 1. The zero-order valence-electron chi connectivity index (χ0n) is 10.0. The molecule has 20 heavy (non-hydrogen) atoms. The zero-order valence-corrected chi connectivity index (χ0v) is 10.8. The number of aromatic hydroxyl groups is 1. The second-order valence-electron chi connectivity index (χ2n) is 3.86. The highest BCUT2D eigenvalue weighted by Crippen LogP contribution is 2.34. The summed E-state index contributed by atoms with van der Waals surface area (Å²) in [5, 5.41) is 18.7. The summed E-state index contributed by atoms with van der Waals surface area (Å²) in [6.45, 7) is 0. The van der Waals surface area contributed by atoms with E-state index >= 15 is 0 Å².